The van der Waals surface area contributed by atoms with Crippen molar-refractivity contribution in [2.75, 3.05) is 18.6 Å². The third kappa shape index (κ3) is 3.11. The molecule has 0 aromatic heterocycles. The molecule has 0 radical (unpaired) electrons. The summed E-state index contributed by atoms with van der Waals surface area (Å²) in [6, 6.07) is 14.2. The summed E-state index contributed by atoms with van der Waals surface area (Å²) in [5.74, 6) is 1.26. The van der Waals surface area contributed by atoms with Crippen molar-refractivity contribution in [3.63, 3.8) is 0 Å². The fraction of sp³-hybridized carbons (Fsp3) is 0.409. The highest BCUT2D eigenvalue weighted by molar-refractivity contribution is 6.32. The van der Waals surface area contributed by atoms with Crippen molar-refractivity contribution in [1.82, 2.24) is 4.90 Å². The second kappa shape index (κ2) is 7.17. The van der Waals surface area contributed by atoms with Gasteiger partial charge >= 0.3 is 0 Å². The molecular formula is C22H25ClN2O2. The quantitative estimate of drug-likeness (QED) is 0.745. The van der Waals surface area contributed by atoms with Crippen LogP contribution in [0.25, 0.3) is 0 Å². The third-order valence-electron chi connectivity index (χ3n) is 5.69. The molecule has 2 unspecified atom stereocenters. The normalized spacial score (nSPS) is 22.6. The highest BCUT2D eigenvalue weighted by Crippen LogP contribution is 2.43. The summed E-state index contributed by atoms with van der Waals surface area (Å²) in [5.41, 5.74) is 3.27. The Morgan fingerprint density at radius 1 is 1.15 bits per heavy atom. The molecule has 27 heavy (non-hydrogen) atoms. The van der Waals surface area contributed by atoms with Gasteiger partial charge in [-0.25, -0.2) is 0 Å². The van der Waals surface area contributed by atoms with Gasteiger partial charge in [0.2, 0.25) is 5.91 Å². The van der Waals surface area contributed by atoms with Crippen molar-refractivity contribution < 1.29 is 9.53 Å². The van der Waals surface area contributed by atoms with Crippen LogP contribution in [0.15, 0.2) is 42.5 Å². The number of rotatable bonds is 4. The molecule has 2 atom stereocenters. The topological polar surface area (TPSA) is 32.8 Å². The van der Waals surface area contributed by atoms with Crippen molar-refractivity contribution in [1.29, 1.82) is 0 Å². The average Bonchev–Trinajstić information content (AvgIpc) is 3.24. The number of anilines is 1. The number of hydrogen-bond donors (Lipinski definition) is 0. The lowest BCUT2D eigenvalue weighted by Gasteiger charge is -2.30. The van der Waals surface area contributed by atoms with E-state index in [-0.39, 0.29) is 18.1 Å². The summed E-state index contributed by atoms with van der Waals surface area (Å²) in [6.45, 7) is 5.32. The van der Waals surface area contributed by atoms with Gasteiger partial charge in [0.25, 0.3) is 0 Å². The van der Waals surface area contributed by atoms with E-state index in [0.29, 0.717) is 16.7 Å². The van der Waals surface area contributed by atoms with Crippen molar-refractivity contribution in [2.24, 2.45) is 0 Å². The predicted molar refractivity (Wildman–Crippen MR) is 108 cm³/mol. The van der Waals surface area contributed by atoms with E-state index in [2.05, 4.69) is 43.0 Å². The molecule has 2 saturated heterocycles. The van der Waals surface area contributed by atoms with Gasteiger partial charge in [0.15, 0.2) is 0 Å². The minimum Gasteiger partial charge on any atom is -0.495 e. The van der Waals surface area contributed by atoms with Crippen molar-refractivity contribution >= 4 is 23.2 Å². The second-order valence-corrected chi connectivity index (χ2v) is 8.03. The number of amides is 1. The number of hydrogen-bond acceptors (Lipinski definition) is 3. The molecule has 0 aliphatic carbocycles. The van der Waals surface area contributed by atoms with Crippen LogP contribution >= 0.6 is 11.6 Å². The van der Waals surface area contributed by atoms with E-state index in [1.54, 1.807) is 7.11 Å². The van der Waals surface area contributed by atoms with E-state index in [1.165, 1.54) is 5.56 Å². The number of carbonyl (C=O) groups excluding carboxylic acids is 1. The first-order valence-electron chi connectivity index (χ1n) is 9.53. The fourth-order valence-corrected chi connectivity index (χ4v) is 4.50. The number of carbonyl (C=O) groups is 1. The molecule has 2 aliphatic rings. The third-order valence-corrected chi connectivity index (χ3v) is 5.99. The maximum Gasteiger partial charge on any atom is 0.246 e. The number of halogens is 1. The van der Waals surface area contributed by atoms with Gasteiger partial charge in [0.1, 0.15) is 11.9 Å². The van der Waals surface area contributed by atoms with E-state index in [9.17, 15) is 4.79 Å². The Kier molecular flexibility index (Phi) is 4.87. The first-order valence-corrected chi connectivity index (χ1v) is 9.91. The Hall–Kier alpha value is -2.04. The highest BCUT2D eigenvalue weighted by Gasteiger charge is 2.49. The summed E-state index contributed by atoms with van der Waals surface area (Å²) in [7, 11) is 1.59. The number of nitrogens with zero attached hydrogens (tertiary/aromatic N) is 2. The van der Waals surface area contributed by atoms with Gasteiger partial charge < -0.3 is 4.74 Å². The Labute approximate surface area is 165 Å². The van der Waals surface area contributed by atoms with Crippen molar-refractivity contribution in [3.05, 3.63) is 58.6 Å². The van der Waals surface area contributed by atoms with Gasteiger partial charge in [-0.3, -0.25) is 14.6 Å². The average molecular weight is 385 g/mol. The van der Waals surface area contributed by atoms with E-state index < -0.39 is 0 Å². The Balaban J connectivity index is 1.76. The summed E-state index contributed by atoms with van der Waals surface area (Å²) in [4.78, 5) is 17.4. The summed E-state index contributed by atoms with van der Waals surface area (Å²) in [6.07, 6.45) is 1.89. The Morgan fingerprint density at radius 2 is 1.89 bits per heavy atom. The molecule has 4 nitrogen and oxygen atoms in total. The first kappa shape index (κ1) is 18.3. The zero-order valence-corrected chi connectivity index (χ0v) is 16.7. The van der Waals surface area contributed by atoms with Gasteiger partial charge in [-0.05, 0) is 48.1 Å². The molecule has 0 bridgehead atoms. The minimum absolute atomic E-state index is 0.0411. The van der Waals surface area contributed by atoms with E-state index in [4.69, 9.17) is 16.3 Å². The van der Waals surface area contributed by atoms with Gasteiger partial charge in [0.05, 0.1) is 18.2 Å². The maximum absolute atomic E-state index is 13.2. The van der Waals surface area contributed by atoms with Crippen LogP contribution in [0.1, 0.15) is 49.9 Å². The summed E-state index contributed by atoms with van der Waals surface area (Å²) >= 11 is 6.35. The Morgan fingerprint density at radius 3 is 2.52 bits per heavy atom. The molecule has 2 heterocycles. The lowest BCUT2D eigenvalue weighted by Crippen LogP contribution is -2.32. The zero-order valence-electron chi connectivity index (χ0n) is 16.0. The zero-order chi connectivity index (χ0) is 19.1. The molecule has 1 amide bonds. The molecule has 4 rings (SSSR count). The van der Waals surface area contributed by atoms with Crippen LogP contribution in [-0.4, -0.2) is 30.5 Å². The monoisotopic (exact) mass is 384 g/mol. The van der Waals surface area contributed by atoms with Crippen LogP contribution in [-0.2, 0) is 4.79 Å². The van der Waals surface area contributed by atoms with Crippen LogP contribution in [0.2, 0.25) is 5.02 Å². The van der Waals surface area contributed by atoms with Gasteiger partial charge in [-0.1, -0.05) is 49.7 Å². The SMILES string of the molecule is COc1ccc(N2C(=O)C3CCCN3C2c2ccc(C(C)C)cc2)cc1Cl. The minimum atomic E-state index is -0.0873. The van der Waals surface area contributed by atoms with Gasteiger partial charge in [-0.15, -0.1) is 0 Å². The van der Waals surface area contributed by atoms with Crippen LogP contribution in [0, 0.1) is 0 Å². The van der Waals surface area contributed by atoms with Gasteiger partial charge in [-0.2, -0.15) is 0 Å². The molecule has 2 aromatic carbocycles. The highest BCUT2D eigenvalue weighted by atomic mass is 35.5. The molecule has 2 fully saturated rings. The van der Waals surface area contributed by atoms with Crippen LogP contribution in [0.3, 0.4) is 0 Å². The lowest BCUT2D eigenvalue weighted by atomic mass is 10.0. The van der Waals surface area contributed by atoms with E-state index in [1.807, 2.05) is 23.1 Å². The number of methoxy groups -OCH3 is 1. The van der Waals surface area contributed by atoms with Crippen LogP contribution in [0.4, 0.5) is 5.69 Å². The summed E-state index contributed by atoms with van der Waals surface area (Å²) in [5, 5.41) is 0.517. The van der Waals surface area contributed by atoms with Crippen molar-refractivity contribution in [2.45, 2.75) is 44.8 Å². The lowest BCUT2D eigenvalue weighted by molar-refractivity contribution is -0.119. The Bertz CT molecular complexity index is 850. The number of ether oxygens (including phenoxy) is 1. The fourth-order valence-electron chi connectivity index (χ4n) is 4.24. The number of benzene rings is 2. The van der Waals surface area contributed by atoms with E-state index in [0.717, 1.165) is 30.6 Å². The molecule has 142 valence electrons. The molecule has 2 aliphatic heterocycles. The molecule has 0 spiro atoms. The molecule has 2 aromatic rings. The molecule has 0 N–H and O–H groups in total. The standard InChI is InChI=1S/C22H25ClN2O2/c1-14(2)15-6-8-16(9-7-15)21-24-12-4-5-19(24)22(26)25(21)17-10-11-20(27-3)18(23)13-17/h6-11,13-14,19,21H,4-5,12H2,1-3H3. The molecular weight excluding hydrogens is 360 g/mol. The summed E-state index contributed by atoms with van der Waals surface area (Å²) < 4.78 is 5.27. The first-order chi connectivity index (χ1) is 13.0. The molecule has 5 heteroatoms. The van der Waals surface area contributed by atoms with Crippen LogP contribution < -0.4 is 9.64 Å². The maximum atomic E-state index is 13.2. The van der Waals surface area contributed by atoms with Gasteiger partial charge in [0, 0.05) is 12.2 Å². The van der Waals surface area contributed by atoms with E-state index >= 15 is 0 Å². The van der Waals surface area contributed by atoms with Crippen molar-refractivity contribution in [3.8, 4) is 5.75 Å². The smallest absolute Gasteiger partial charge is 0.246 e. The predicted octanol–water partition coefficient (Wildman–Crippen LogP) is 4.98. The largest absolute Gasteiger partial charge is 0.495 e. The number of fused-ring (bicyclic) bond motifs is 1. The van der Waals surface area contributed by atoms with Crippen LogP contribution in [0.5, 0.6) is 5.75 Å². The molecule has 0 saturated carbocycles. The second-order valence-electron chi connectivity index (χ2n) is 7.62.